The Morgan fingerprint density at radius 1 is 1.23 bits per heavy atom. The van der Waals surface area contributed by atoms with Crippen LogP contribution < -0.4 is 15.4 Å². The Morgan fingerprint density at radius 2 is 2.10 bits per heavy atom. The fourth-order valence-corrected chi connectivity index (χ4v) is 4.52. The van der Waals surface area contributed by atoms with Crippen molar-refractivity contribution in [3.05, 3.63) is 51.9 Å². The van der Waals surface area contributed by atoms with Gasteiger partial charge in [-0.25, -0.2) is 4.79 Å². The van der Waals surface area contributed by atoms with E-state index in [-0.39, 0.29) is 11.7 Å². The molecule has 5 nitrogen and oxygen atoms in total. The number of unbranched alkanes of at least 4 members (excludes halogenated alkanes) is 4. The molecule has 0 spiro atoms. The van der Waals surface area contributed by atoms with E-state index in [2.05, 4.69) is 24.1 Å². The van der Waals surface area contributed by atoms with Gasteiger partial charge >= 0.3 is 5.97 Å². The third-order valence-corrected chi connectivity index (χ3v) is 6.05. The number of nitrogens with one attached hydrogen (secondary N) is 1. The highest BCUT2D eigenvalue weighted by Gasteiger charge is 2.24. The summed E-state index contributed by atoms with van der Waals surface area (Å²) in [6.45, 7) is 2.25. The number of H-pyrrole nitrogens is 1. The Morgan fingerprint density at radius 3 is 2.93 bits per heavy atom. The third-order valence-electron chi connectivity index (χ3n) is 6.05. The summed E-state index contributed by atoms with van der Waals surface area (Å²) >= 11 is 0. The molecule has 2 aromatic heterocycles. The third kappa shape index (κ3) is 4.25. The van der Waals surface area contributed by atoms with Crippen molar-refractivity contribution < 1.29 is 18.7 Å². The normalized spacial score (nSPS) is 17.3. The van der Waals surface area contributed by atoms with Gasteiger partial charge in [0.1, 0.15) is 0 Å². The number of carbonyl (C=O) groups is 1. The number of aromatic nitrogens is 1. The molecule has 0 amide bonds. The second-order valence-electron chi connectivity index (χ2n) is 8.15. The Kier molecular flexibility index (Phi) is 6.46. The first-order valence-electron chi connectivity index (χ1n) is 11.2. The number of hydrogen-bond acceptors (Lipinski definition) is 4. The van der Waals surface area contributed by atoms with Gasteiger partial charge in [0.25, 0.3) is 5.95 Å². The van der Waals surface area contributed by atoms with Crippen LogP contribution in [0.25, 0.3) is 11.8 Å². The first-order valence-corrected chi connectivity index (χ1v) is 11.2. The molecule has 0 fully saturated rings. The molecule has 1 unspecified atom stereocenters. The molecule has 2 aromatic rings. The van der Waals surface area contributed by atoms with Crippen LogP contribution in [0.4, 0.5) is 0 Å². The first-order chi connectivity index (χ1) is 14.7. The van der Waals surface area contributed by atoms with Crippen LogP contribution >= 0.6 is 0 Å². The van der Waals surface area contributed by atoms with Crippen LogP contribution in [0.15, 0.2) is 28.7 Å². The number of carbonyl (C=O) groups excluding carboxylic acids is 1. The highest BCUT2D eigenvalue weighted by atomic mass is 16.6. The van der Waals surface area contributed by atoms with Gasteiger partial charge in [0.2, 0.25) is 5.76 Å². The maximum Gasteiger partial charge on any atom is 0.374 e. The Bertz CT molecular complexity index is 1040. The quantitative estimate of drug-likeness (QED) is 0.481. The summed E-state index contributed by atoms with van der Waals surface area (Å²) in [5.41, 5.74) is 2.82. The lowest BCUT2D eigenvalue weighted by Crippen LogP contribution is -2.22. The van der Waals surface area contributed by atoms with Crippen LogP contribution in [0.2, 0.25) is 0 Å². The highest BCUT2D eigenvalue weighted by Crippen LogP contribution is 2.30. The SMILES string of the molecule is CCCCCCCC1C=CC(Oc2ccc(C(=O)OC)o2)=c2[nH]c3c(c21)CCCC=3. The number of esters is 1. The topological polar surface area (TPSA) is 64.5 Å². The van der Waals surface area contributed by atoms with E-state index >= 15 is 0 Å². The number of methoxy groups -OCH3 is 1. The van der Waals surface area contributed by atoms with Crippen LogP contribution in [0.1, 0.15) is 85.9 Å². The summed E-state index contributed by atoms with van der Waals surface area (Å²) < 4.78 is 16.3. The number of furan rings is 1. The molecule has 2 aliphatic carbocycles. The minimum absolute atomic E-state index is 0.136. The van der Waals surface area contributed by atoms with Crippen molar-refractivity contribution in [2.45, 2.75) is 70.6 Å². The molecule has 0 radical (unpaired) electrons. The molecule has 0 saturated heterocycles. The summed E-state index contributed by atoms with van der Waals surface area (Å²) in [5, 5.41) is 2.29. The first kappa shape index (κ1) is 20.6. The molecule has 30 heavy (non-hydrogen) atoms. The lowest BCUT2D eigenvalue weighted by atomic mass is 9.86. The predicted molar refractivity (Wildman–Crippen MR) is 117 cm³/mol. The van der Waals surface area contributed by atoms with Crippen molar-refractivity contribution in [1.29, 1.82) is 0 Å². The van der Waals surface area contributed by atoms with E-state index in [0.29, 0.717) is 5.92 Å². The van der Waals surface area contributed by atoms with E-state index in [1.54, 1.807) is 12.1 Å². The van der Waals surface area contributed by atoms with Crippen molar-refractivity contribution in [3.8, 4) is 5.95 Å². The smallest absolute Gasteiger partial charge is 0.374 e. The lowest BCUT2D eigenvalue weighted by Gasteiger charge is -2.19. The molecule has 0 aliphatic heterocycles. The number of rotatable bonds is 9. The second kappa shape index (κ2) is 9.41. The van der Waals surface area contributed by atoms with Crippen molar-refractivity contribution in [3.63, 3.8) is 0 Å². The molecule has 0 bridgehead atoms. The average molecular weight is 410 g/mol. The standard InChI is InChI=1S/C25H31NO4/c1-3-4-5-6-7-10-17-13-14-20(29-22-16-15-21(30-22)25(27)28-2)24-23(17)18-11-8-9-12-19(18)26-24/h12-17,26H,3-11H2,1-2H3. The minimum Gasteiger partial charge on any atom is -0.463 e. The fourth-order valence-electron chi connectivity index (χ4n) is 4.52. The number of hydrogen-bond donors (Lipinski definition) is 1. The fraction of sp³-hybridized carbons (Fsp3) is 0.480. The van der Waals surface area contributed by atoms with Gasteiger partial charge in [0.05, 0.1) is 12.5 Å². The molecule has 2 aliphatic rings. The monoisotopic (exact) mass is 409 g/mol. The molecular weight excluding hydrogens is 378 g/mol. The predicted octanol–water partition coefficient (Wildman–Crippen LogP) is 4.71. The molecule has 1 atom stereocenters. The van der Waals surface area contributed by atoms with Crippen LogP contribution in [0, 0.1) is 0 Å². The summed E-state index contributed by atoms with van der Waals surface area (Å²) in [4.78, 5) is 15.3. The number of allylic oxidation sites excluding steroid dienone is 1. The maximum atomic E-state index is 11.7. The molecule has 2 heterocycles. The van der Waals surface area contributed by atoms with Gasteiger partial charge in [-0.15, -0.1) is 0 Å². The average Bonchev–Trinajstić information content (AvgIpc) is 3.39. The van der Waals surface area contributed by atoms with Gasteiger partial charge in [0.15, 0.2) is 5.76 Å². The van der Waals surface area contributed by atoms with Crippen LogP contribution in [0.5, 0.6) is 5.95 Å². The largest absolute Gasteiger partial charge is 0.463 e. The van der Waals surface area contributed by atoms with Crippen molar-refractivity contribution in [1.82, 2.24) is 4.98 Å². The summed E-state index contributed by atoms with van der Waals surface area (Å²) in [7, 11) is 1.33. The van der Waals surface area contributed by atoms with Crippen molar-refractivity contribution in [2.24, 2.45) is 0 Å². The van der Waals surface area contributed by atoms with E-state index in [1.807, 2.05) is 6.08 Å². The Balaban J connectivity index is 1.62. The van der Waals surface area contributed by atoms with Gasteiger partial charge in [0, 0.05) is 17.3 Å². The molecule has 0 saturated carbocycles. The molecule has 0 aromatic carbocycles. The zero-order valence-electron chi connectivity index (χ0n) is 18.0. The molecular formula is C25H31NO4. The molecule has 5 heteroatoms. The van der Waals surface area contributed by atoms with Crippen LogP contribution in [-0.4, -0.2) is 18.1 Å². The van der Waals surface area contributed by atoms with Crippen molar-refractivity contribution >= 4 is 17.8 Å². The van der Waals surface area contributed by atoms with E-state index < -0.39 is 5.97 Å². The van der Waals surface area contributed by atoms with Gasteiger partial charge < -0.3 is 18.9 Å². The van der Waals surface area contributed by atoms with Crippen LogP contribution in [0.3, 0.4) is 0 Å². The second-order valence-corrected chi connectivity index (χ2v) is 8.15. The lowest BCUT2D eigenvalue weighted by molar-refractivity contribution is 0.0560. The van der Waals surface area contributed by atoms with E-state index in [4.69, 9.17) is 13.9 Å². The Labute approximate surface area is 177 Å². The molecule has 1 N–H and O–H groups in total. The number of aromatic amines is 1. The number of fused-ring (bicyclic) bond motifs is 3. The maximum absolute atomic E-state index is 11.7. The van der Waals surface area contributed by atoms with Gasteiger partial charge in [-0.2, -0.15) is 0 Å². The Hall–Kier alpha value is -2.69. The summed E-state index contributed by atoms with van der Waals surface area (Å²) in [6.07, 6.45) is 17.6. The van der Waals surface area contributed by atoms with Gasteiger partial charge in [-0.3, -0.25) is 0 Å². The van der Waals surface area contributed by atoms with Gasteiger partial charge in [-0.1, -0.05) is 51.2 Å². The zero-order valence-corrected chi connectivity index (χ0v) is 18.0. The molecule has 4 rings (SSSR count). The minimum atomic E-state index is -0.511. The molecule has 160 valence electrons. The summed E-state index contributed by atoms with van der Waals surface area (Å²) in [6, 6.07) is 3.23. The van der Waals surface area contributed by atoms with Crippen molar-refractivity contribution in [2.75, 3.05) is 7.11 Å². The summed E-state index contributed by atoms with van der Waals surface area (Å²) in [5.74, 6) is 1.07. The zero-order chi connectivity index (χ0) is 20.9. The van der Waals surface area contributed by atoms with E-state index in [0.717, 1.165) is 30.4 Å². The van der Waals surface area contributed by atoms with E-state index in [1.165, 1.54) is 62.1 Å². The number of ether oxygens (including phenoxy) is 2. The van der Waals surface area contributed by atoms with E-state index in [9.17, 15) is 4.79 Å². The van der Waals surface area contributed by atoms with Gasteiger partial charge in [-0.05, 0) is 49.0 Å². The highest BCUT2D eigenvalue weighted by molar-refractivity contribution is 5.86. The van der Waals surface area contributed by atoms with Crippen LogP contribution in [-0.2, 0) is 11.2 Å².